The van der Waals surface area contributed by atoms with Crippen LogP contribution in [0.1, 0.15) is 74.6 Å². The monoisotopic (exact) mass is 550 g/mol. The summed E-state index contributed by atoms with van der Waals surface area (Å²) >= 11 is 6.12. The second-order valence-electron chi connectivity index (χ2n) is 11.1. The quantitative estimate of drug-likeness (QED) is 0.421. The van der Waals surface area contributed by atoms with Crippen LogP contribution in [0.5, 0.6) is 11.5 Å². The molecule has 0 amide bonds. The number of hydrogen-bond donors (Lipinski definition) is 0. The minimum absolute atomic E-state index is 0.0831. The highest BCUT2D eigenvalue weighted by Gasteiger charge is 2.42. The SMILES string of the molecule is CC(c1cc(Cl)ccc1OC(F)(F)F)N1CCC2(CCc3ccc([C@H](C4CC4)[C@H](C)C(=O)[O-])cc3O2)CC1. The van der Waals surface area contributed by atoms with Gasteiger partial charge in [-0.05, 0) is 92.7 Å². The van der Waals surface area contributed by atoms with Crippen molar-refractivity contribution in [3.8, 4) is 11.5 Å². The Bertz CT molecular complexity index is 1190. The van der Waals surface area contributed by atoms with Crippen molar-refractivity contribution in [2.24, 2.45) is 11.8 Å². The number of likely N-dealkylation sites (tertiary alicyclic amines) is 1. The zero-order chi connectivity index (χ0) is 27.2. The zero-order valence-corrected chi connectivity index (χ0v) is 22.3. The molecule has 3 atom stereocenters. The van der Waals surface area contributed by atoms with Crippen molar-refractivity contribution in [3.05, 3.63) is 58.1 Å². The molecule has 38 heavy (non-hydrogen) atoms. The van der Waals surface area contributed by atoms with Crippen molar-refractivity contribution in [1.82, 2.24) is 4.90 Å². The summed E-state index contributed by atoms with van der Waals surface area (Å²) in [7, 11) is 0. The van der Waals surface area contributed by atoms with Crippen LogP contribution in [0.25, 0.3) is 0 Å². The first-order chi connectivity index (χ1) is 17.9. The number of benzene rings is 2. The molecule has 1 saturated carbocycles. The van der Waals surface area contributed by atoms with Crippen LogP contribution < -0.4 is 14.6 Å². The molecule has 2 heterocycles. The van der Waals surface area contributed by atoms with Crippen LogP contribution >= 0.6 is 11.6 Å². The number of ether oxygens (including phenoxy) is 2. The molecular weight excluding hydrogens is 519 g/mol. The summed E-state index contributed by atoms with van der Waals surface area (Å²) in [5.41, 5.74) is 2.16. The van der Waals surface area contributed by atoms with Crippen molar-refractivity contribution in [1.29, 1.82) is 0 Å². The van der Waals surface area contributed by atoms with E-state index in [1.54, 1.807) is 6.92 Å². The van der Waals surface area contributed by atoms with E-state index in [1.165, 1.54) is 18.2 Å². The molecule has 9 heteroatoms. The third kappa shape index (κ3) is 5.76. The molecule has 0 radical (unpaired) electrons. The lowest BCUT2D eigenvalue weighted by Crippen LogP contribution is -2.50. The highest BCUT2D eigenvalue weighted by molar-refractivity contribution is 6.30. The number of alkyl halides is 3. The van der Waals surface area contributed by atoms with Crippen LogP contribution in [0, 0.1) is 11.8 Å². The Balaban J connectivity index is 1.30. The van der Waals surface area contributed by atoms with E-state index < -0.39 is 18.2 Å². The van der Waals surface area contributed by atoms with Gasteiger partial charge >= 0.3 is 6.36 Å². The molecule has 0 aromatic heterocycles. The van der Waals surface area contributed by atoms with Gasteiger partial charge in [0.05, 0.1) is 0 Å². The fourth-order valence-electron chi connectivity index (χ4n) is 6.23. The number of carbonyl (C=O) groups excluding carboxylic acids is 1. The van der Waals surface area contributed by atoms with Gasteiger partial charge in [-0.25, -0.2) is 0 Å². The highest BCUT2D eigenvalue weighted by atomic mass is 35.5. The van der Waals surface area contributed by atoms with Gasteiger partial charge in [0, 0.05) is 41.6 Å². The number of piperidine rings is 1. The molecule has 2 aromatic carbocycles. The first-order valence-electron chi connectivity index (χ1n) is 13.3. The molecule has 206 valence electrons. The average Bonchev–Trinajstić information content (AvgIpc) is 3.69. The van der Waals surface area contributed by atoms with Gasteiger partial charge in [0.15, 0.2) is 0 Å². The fourth-order valence-corrected chi connectivity index (χ4v) is 6.41. The molecule has 2 aromatic rings. The van der Waals surface area contributed by atoms with E-state index in [4.69, 9.17) is 16.3 Å². The van der Waals surface area contributed by atoms with Gasteiger partial charge in [0.2, 0.25) is 0 Å². The topological polar surface area (TPSA) is 61.8 Å². The Kier molecular flexibility index (Phi) is 7.33. The summed E-state index contributed by atoms with van der Waals surface area (Å²) in [5, 5.41) is 12.0. The van der Waals surface area contributed by atoms with Crippen molar-refractivity contribution in [2.45, 2.75) is 76.3 Å². The first-order valence-corrected chi connectivity index (χ1v) is 13.6. The molecule has 5 rings (SSSR count). The minimum atomic E-state index is -4.78. The van der Waals surface area contributed by atoms with E-state index in [0.29, 0.717) is 29.6 Å². The first kappa shape index (κ1) is 27.1. The largest absolute Gasteiger partial charge is 0.573 e. The summed E-state index contributed by atoms with van der Waals surface area (Å²) in [6.07, 6.45) is 0.474. The molecule has 1 unspecified atom stereocenters. The molecule has 0 N–H and O–H groups in total. The third-order valence-electron chi connectivity index (χ3n) is 8.60. The second kappa shape index (κ2) is 10.3. The number of halogens is 4. The number of fused-ring (bicyclic) bond motifs is 1. The van der Waals surface area contributed by atoms with E-state index in [-0.39, 0.29) is 23.3 Å². The van der Waals surface area contributed by atoms with Gasteiger partial charge in [-0.1, -0.05) is 30.7 Å². The van der Waals surface area contributed by atoms with E-state index in [0.717, 1.165) is 55.4 Å². The summed E-state index contributed by atoms with van der Waals surface area (Å²) in [6.45, 7) is 4.90. The van der Waals surface area contributed by atoms with Crippen molar-refractivity contribution < 1.29 is 32.5 Å². The Morgan fingerprint density at radius 1 is 1.13 bits per heavy atom. The van der Waals surface area contributed by atoms with Gasteiger partial charge in [-0.15, -0.1) is 13.2 Å². The summed E-state index contributed by atoms with van der Waals surface area (Å²) < 4.78 is 49.9. The number of carboxylic acid groups (broad SMARTS) is 1. The van der Waals surface area contributed by atoms with E-state index in [9.17, 15) is 23.1 Å². The predicted molar refractivity (Wildman–Crippen MR) is 135 cm³/mol. The third-order valence-corrected chi connectivity index (χ3v) is 8.83. The van der Waals surface area contributed by atoms with Gasteiger partial charge < -0.3 is 19.4 Å². The van der Waals surface area contributed by atoms with E-state index in [1.807, 2.05) is 19.1 Å². The Hall–Kier alpha value is -2.45. The number of aryl methyl sites for hydroxylation is 1. The second-order valence-corrected chi connectivity index (χ2v) is 11.5. The van der Waals surface area contributed by atoms with Crippen LogP contribution in [-0.2, 0) is 11.2 Å². The van der Waals surface area contributed by atoms with Gasteiger partial charge in [-0.3, -0.25) is 4.90 Å². The van der Waals surface area contributed by atoms with Gasteiger partial charge in [-0.2, -0.15) is 0 Å². The summed E-state index contributed by atoms with van der Waals surface area (Å²) in [6, 6.07) is 10.0. The van der Waals surface area contributed by atoms with Crippen LogP contribution in [-0.4, -0.2) is 35.9 Å². The maximum absolute atomic E-state index is 13.0. The maximum atomic E-state index is 13.0. The molecule has 5 nitrogen and oxygen atoms in total. The van der Waals surface area contributed by atoms with Crippen LogP contribution in [0.2, 0.25) is 5.02 Å². The maximum Gasteiger partial charge on any atom is 0.573 e. The van der Waals surface area contributed by atoms with Gasteiger partial charge in [0.25, 0.3) is 0 Å². The standard InChI is InChI=1S/C29H33ClF3NO4/c1-17(27(35)36)26(20-4-5-20)21-6-3-19-9-10-28(37-25(19)15-21)11-13-34(14-12-28)18(2)23-16-22(30)7-8-24(23)38-29(31,32)33/h3,6-8,15-18,20,26H,4-5,9-14H2,1-2H3,(H,35,36)/p-1/t17-,18?,26-/m0/s1. The number of carbonyl (C=O) groups is 1. The molecule has 2 fully saturated rings. The predicted octanol–water partition coefficient (Wildman–Crippen LogP) is 6.04. The van der Waals surface area contributed by atoms with Gasteiger partial charge in [0.1, 0.15) is 17.1 Å². The lowest BCUT2D eigenvalue weighted by atomic mass is 9.80. The Morgan fingerprint density at radius 2 is 1.84 bits per heavy atom. The molecule has 1 aliphatic carbocycles. The number of nitrogens with zero attached hydrogens (tertiary/aromatic N) is 1. The fraction of sp³-hybridized carbons (Fsp3) is 0.552. The number of carboxylic acids is 1. The number of aliphatic carboxylic acids is 1. The van der Waals surface area contributed by atoms with Crippen LogP contribution in [0.4, 0.5) is 13.2 Å². The average molecular weight is 551 g/mol. The highest BCUT2D eigenvalue weighted by Crippen LogP contribution is 2.49. The molecule has 0 bridgehead atoms. The van der Waals surface area contributed by atoms with Crippen molar-refractivity contribution in [3.63, 3.8) is 0 Å². The number of hydrogen-bond acceptors (Lipinski definition) is 5. The van der Waals surface area contributed by atoms with Crippen LogP contribution in [0.15, 0.2) is 36.4 Å². The van der Waals surface area contributed by atoms with E-state index >= 15 is 0 Å². The van der Waals surface area contributed by atoms with E-state index in [2.05, 4.69) is 15.7 Å². The summed E-state index contributed by atoms with van der Waals surface area (Å²) in [4.78, 5) is 13.8. The van der Waals surface area contributed by atoms with Crippen molar-refractivity contribution in [2.75, 3.05) is 13.1 Å². The molecule has 1 saturated heterocycles. The van der Waals surface area contributed by atoms with Crippen LogP contribution in [0.3, 0.4) is 0 Å². The smallest absolute Gasteiger partial charge is 0.550 e. The number of rotatable bonds is 7. The summed E-state index contributed by atoms with van der Waals surface area (Å²) in [5.74, 6) is -0.730. The lowest BCUT2D eigenvalue weighted by molar-refractivity contribution is -0.311. The zero-order valence-electron chi connectivity index (χ0n) is 21.5. The normalized spacial score (nSPS) is 21.7. The Morgan fingerprint density at radius 3 is 2.47 bits per heavy atom. The molecule has 1 spiro atoms. The lowest BCUT2D eigenvalue weighted by Gasteiger charge is -2.46. The molecule has 3 aliphatic rings. The Labute approximate surface area is 225 Å². The minimum Gasteiger partial charge on any atom is -0.550 e. The molecule has 2 aliphatic heterocycles. The van der Waals surface area contributed by atoms with Crippen molar-refractivity contribution >= 4 is 17.6 Å². The molecular formula is C29H32ClF3NO4-.